The number of methoxy groups -OCH3 is 1. The van der Waals surface area contributed by atoms with E-state index >= 15 is 0 Å². The van der Waals surface area contributed by atoms with Crippen molar-refractivity contribution in [2.75, 3.05) is 33.4 Å². The fourth-order valence-corrected chi connectivity index (χ4v) is 2.01. The van der Waals surface area contributed by atoms with Crippen LogP contribution in [0, 0.1) is 0 Å². The molecule has 0 saturated carbocycles. The summed E-state index contributed by atoms with van der Waals surface area (Å²) >= 11 is 3.37. The van der Waals surface area contributed by atoms with Crippen molar-refractivity contribution in [2.45, 2.75) is 6.10 Å². The quantitative estimate of drug-likeness (QED) is 0.826. The van der Waals surface area contributed by atoms with E-state index in [1.807, 2.05) is 12.1 Å². The van der Waals surface area contributed by atoms with Crippen molar-refractivity contribution in [3.05, 3.63) is 22.8 Å². The van der Waals surface area contributed by atoms with Gasteiger partial charge >= 0.3 is 6.03 Å². The molecule has 1 aromatic rings. The standard InChI is InChI=1S/C12H16BrN3O3/c1-18-6-5-15-12(17)16-7-9(8-16)19-11-10(13)3-2-4-14-11/h2-4,9H,5-8H2,1H3,(H,15,17). The molecule has 1 aliphatic heterocycles. The molecule has 1 N–H and O–H groups in total. The van der Waals surface area contributed by atoms with Crippen molar-refractivity contribution < 1.29 is 14.3 Å². The highest BCUT2D eigenvalue weighted by Crippen LogP contribution is 2.24. The Bertz CT molecular complexity index is 438. The minimum atomic E-state index is -0.0861. The lowest BCUT2D eigenvalue weighted by Crippen LogP contribution is -2.59. The van der Waals surface area contributed by atoms with Gasteiger partial charge in [0, 0.05) is 19.9 Å². The molecule has 1 fully saturated rings. The smallest absolute Gasteiger partial charge is 0.317 e. The van der Waals surface area contributed by atoms with Crippen LogP contribution >= 0.6 is 15.9 Å². The molecule has 1 aliphatic rings. The molecule has 0 atom stereocenters. The molecule has 19 heavy (non-hydrogen) atoms. The number of likely N-dealkylation sites (tertiary alicyclic amines) is 1. The minimum absolute atomic E-state index is 0.000579. The highest BCUT2D eigenvalue weighted by atomic mass is 79.9. The number of carbonyl (C=O) groups excluding carboxylic acids is 1. The Morgan fingerprint density at radius 3 is 3.11 bits per heavy atom. The van der Waals surface area contributed by atoms with Crippen molar-refractivity contribution in [2.24, 2.45) is 0 Å². The van der Waals surface area contributed by atoms with Gasteiger partial charge in [0.15, 0.2) is 0 Å². The Hall–Kier alpha value is -1.34. The molecule has 0 aromatic carbocycles. The van der Waals surface area contributed by atoms with E-state index in [2.05, 4.69) is 26.2 Å². The predicted molar refractivity (Wildman–Crippen MR) is 73.2 cm³/mol. The summed E-state index contributed by atoms with van der Waals surface area (Å²) in [6.45, 7) is 2.17. The largest absolute Gasteiger partial charge is 0.470 e. The summed E-state index contributed by atoms with van der Waals surface area (Å²) in [4.78, 5) is 17.5. The van der Waals surface area contributed by atoms with Crippen LogP contribution in [0.1, 0.15) is 0 Å². The number of rotatable bonds is 5. The molecule has 2 rings (SSSR count). The average Bonchev–Trinajstić information content (AvgIpc) is 2.35. The molecule has 0 radical (unpaired) electrons. The van der Waals surface area contributed by atoms with Gasteiger partial charge in [-0.3, -0.25) is 0 Å². The van der Waals surface area contributed by atoms with E-state index in [1.165, 1.54) is 0 Å². The lowest BCUT2D eigenvalue weighted by molar-refractivity contribution is 0.0403. The molecule has 0 bridgehead atoms. The van der Waals surface area contributed by atoms with Gasteiger partial charge < -0.3 is 19.7 Å². The maximum absolute atomic E-state index is 11.6. The van der Waals surface area contributed by atoms with Crippen LogP contribution in [0.25, 0.3) is 0 Å². The number of pyridine rings is 1. The Morgan fingerprint density at radius 1 is 1.63 bits per heavy atom. The molecule has 104 valence electrons. The van der Waals surface area contributed by atoms with Gasteiger partial charge in [0.05, 0.1) is 24.2 Å². The van der Waals surface area contributed by atoms with Crippen LogP contribution in [0.2, 0.25) is 0 Å². The van der Waals surface area contributed by atoms with Gasteiger partial charge in [-0.1, -0.05) is 0 Å². The van der Waals surface area contributed by atoms with Crippen molar-refractivity contribution in [1.82, 2.24) is 15.2 Å². The zero-order chi connectivity index (χ0) is 13.7. The van der Waals surface area contributed by atoms with Crippen molar-refractivity contribution in [1.29, 1.82) is 0 Å². The fourth-order valence-electron chi connectivity index (χ4n) is 1.67. The van der Waals surface area contributed by atoms with E-state index in [0.29, 0.717) is 32.1 Å². The summed E-state index contributed by atoms with van der Waals surface area (Å²) in [5.74, 6) is 0.562. The molecule has 2 amide bonds. The molecule has 6 nitrogen and oxygen atoms in total. The molecule has 2 heterocycles. The van der Waals surface area contributed by atoms with Gasteiger partial charge in [-0.2, -0.15) is 0 Å². The third-order valence-electron chi connectivity index (χ3n) is 2.72. The lowest BCUT2D eigenvalue weighted by Gasteiger charge is -2.38. The third kappa shape index (κ3) is 3.81. The number of hydrogen-bond donors (Lipinski definition) is 1. The molecule has 1 saturated heterocycles. The summed E-state index contributed by atoms with van der Waals surface area (Å²) in [6, 6.07) is 3.61. The van der Waals surface area contributed by atoms with Gasteiger partial charge in [0.1, 0.15) is 6.10 Å². The molecule has 0 spiro atoms. The zero-order valence-electron chi connectivity index (χ0n) is 10.6. The Balaban J connectivity index is 1.71. The van der Waals surface area contributed by atoms with Crippen LogP contribution in [-0.2, 0) is 4.74 Å². The Kier molecular flexibility index (Phi) is 4.98. The van der Waals surface area contributed by atoms with E-state index in [0.717, 1.165) is 4.47 Å². The highest BCUT2D eigenvalue weighted by molar-refractivity contribution is 9.10. The second-order valence-corrected chi connectivity index (χ2v) is 5.01. The summed E-state index contributed by atoms with van der Waals surface area (Å²) in [5.41, 5.74) is 0. The molecule has 0 aliphatic carbocycles. The first-order valence-electron chi connectivity index (χ1n) is 5.99. The number of hydrogen-bond acceptors (Lipinski definition) is 4. The lowest BCUT2D eigenvalue weighted by atomic mass is 10.2. The van der Waals surface area contributed by atoms with Crippen molar-refractivity contribution in [3.63, 3.8) is 0 Å². The fraction of sp³-hybridized carbons (Fsp3) is 0.500. The number of carbonyl (C=O) groups is 1. The first-order chi connectivity index (χ1) is 9.20. The normalized spacial score (nSPS) is 14.9. The summed E-state index contributed by atoms with van der Waals surface area (Å²) in [5, 5.41) is 2.76. The van der Waals surface area contributed by atoms with Gasteiger partial charge in [0.2, 0.25) is 5.88 Å². The first kappa shape index (κ1) is 14.1. The van der Waals surface area contributed by atoms with E-state index in [-0.39, 0.29) is 12.1 Å². The Morgan fingerprint density at radius 2 is 2.42 bits per heavy atom. The van der Waals surface area contributed by atoms with Crippen LogP contribution in [0.15, 0.2) is 22.8 Å². The van der Waals surface area contributed by atoms with Gasteiger partial charge in [-0.15, -0.1) is 0 Å². The second-order valence-electron chi connectivity index (χ2n) is 4.16. The molecule has 0 unspecified atom stereocenters. The van der Waals surface area contributed by atoms with E-state index in [1.54, 1.807) is 18.2 Å². The number of ether oxygens (including phenoxy) is 2. The van der Waals surface area contributed by atoms with Crippen LogP contribution in [0.5, 0.6) is 5.88 Å². The molecular weight excluding hydrogens is 314 g/mol. The van der Waals surface area contributed by atoms with Gasteiger partial charge in [0.25, 0.3) is 0 Å². The number of aromatic nitrogens is 1. The van der Waals surface area contributed by atoms with Crippen molar-refractivity contribution in [3.8, 4) is 5.88 Å². The van der Waals surface area contributed by atoms with Crippen LogP contribution < -0.4 is 10.1 Å². The number of amides is 2. The summed E-state index contributed by atoms with van der Waals surface area (Å²) in [6.07, 6.45) is 1.67. The SMILES string of the molecule is COCCNC(=O)N1CC(Oc2ncccc2Br)C1. The third-order valence-corrected chi connectivity index (χ3v) is 3.32. The minimum Gasteiger partial charge on any atom is -0.470 e. The van der Waals surface area contributed by atoms with E-state index < -0.39 is 0 Å². The van der Waals surface area contributed by atoms with Crippen molar-refractivity contribution >= 4 is 22.0 Å². The monoisotopic (exact) mass is 329 g/mol. The predicted octanol–water partition coefficient (Wildman–Crippen LogP) is 1.26. The van der Waals surface area contributed by atoms with Gasteiger partial charge in [-0.05, 0) is 28.1 Å². The Labute approximate surface area is 120 Å². The van der Waals surface area contributed by atoms with E-state index in [4.69, 9.17) is 9.47 Å². The van der Waals surface area contributed by atoms with Crippen LogP contribution in [-0.4, -0.2) is 55.4 Å². The molecule has 7 heteroatoms. The maximum atomic E-state index is 11.6. The highest BCUT2D eigenvalue weighted by Gasteiger charge is 2.32. The van der Waals surface area contributed by atoms with Gasteiger partial charge in [-0.25, -0.2) is 9.78 Å². The zero-order valence-corrected chi connectivity index (χ0v) is 12.2. The number of urea groups is 1. The average molecular weight is 330 g/mol. The summed E-state index contributed by atoms with van der Waals surface area (Å²) in [7, 11) is 1.60. The van der Waals surface area contributed by atoms with Crippen LogP contribution in [0.4, 0.5) is 4.79 Å². The number of nitrogens with zero attached hydrogens (tertiary/aromatic N) is 2. The van der Waals surface area contributed by atoms with Crippen LogP contribution in [0.3, 0.4) is 0 Å². The number of nitrogens with one attached hydrogen (secondary N) is 1. The molecule has 1 aromatic heterocycles. The first-order valence-corrected chi connectivity index (χ1v) is 6.79. The number of halogens is 1. The topological polar surface area (TPSA) is 63.7 Å². The van der Waals surface area contributed by atoms with E-state index in [9.17, 15) is 4.79 Å². The molecular formula is C12H16BrN3O3. The maximum Gasteiger partial charge on any atom is 0.317 e. The second kappa shape index (κ2) is 6.72. The summed E-state index contributed by atoms with van der Waals surface area (Å²) < 4.78 is 11.4.